The van der Waals surface area contributed by atoms with Gasteiger partial charge in [0.25, 0.3) is 11.9 Å². The average molecular weight is 392 g/mol. The SMILES string of the molecule is CN1C[C@H](c2ccc(Cl)cc2Cl)[C@@H]([N+](=O)[O-])[C@]12C(=O)Nc1ccccc12. The number of para-hydroxylation sites is 1. The lowest BCUT2D eigenvalue weighted by Crippen LogP contribution is -2.54. The lowest BCUT2D eigenvalue weighted by atomic mass is 9.79. The van der Waals surface area contributed by atoms with Crippen LogP contribution in [-0.4, -0.2) is 35.4 Å². The van der Waals surface area contributed by atoms with Gasteiger partial charge in [-0.15, -0.1) is 0 Å². The van der Waals surface area contributed by atoms with Crippen LogP contribution in [0.3, 0.4) is 0 Å². The predicted octanol–water partition coefficient (Wildman–Crippen LogP) is 3.52. The van der Waals surface area contributed by atoms with Gasteiger partial charge in [-0.2, -0.15) is 0 Å². The number of likely N-dealkylation sites (tertiary alicyclic amines) is 1. The highest BCUT2D eigenvalue weighted by Crippen LogP contribution is 2.52. The van der Waals surface area contributed by atoms with Crippen LogP contribution in [0.5, 0.6) is 0 Å². The summed E-state index contributed by atoms with van der Waals surface area (Å²) in [7, 11) is 1.74. The second kappa shape index (κ2) is 5.94. The van der Waals surface area contributed by atoms with E-state index in [1.807, 2.05) is 0 Å². The van der Waals surface area contributed by atoms with Gasteiger partial charge in [-0.3, -0.25) is 19.8 Å². The summed E-state index contributed by atoms with van der Waals surface area (Å²) in [6, 6.07) is 10.9. The maximum atomic E-state index is 13.0. The minimum Gasteiger partial charge on any atom is -0.324 e. The lowest BCUT2D eigenvalue weighted by Gasteiger charge is -2.30. The summed E-state index contributed by atoms with van der Waals surface area (Å²) >= 11 is 12.3. The standard InChI is InChI=1S/C18H15Cl2N3O3/c1-22-9-12(11-7-6-10(19)8-14(11)20)16(23(25)26)18(22)13-4-2-3-5-15(13)21-17(18)24/h2-8,12,16H,9H2,1H3,(H,21,24)/t12-,16-,18-/m1/s1. The zero-order valence-electron chi connectivity index (χ0n) is 13.8. The molecule has 1 fully saturated rings. The Morgan fingerprint density at radius 2 is 2.00 bits per heavy atom. The van der Waals surface area contributed by atoms with Gasteiger partial charge >= 0.3 is 0 Å². The highest BCUT2D eigenvalue weighted by molar-refractivity contribution is 6.35. The van der Waals surface area contributed by atoms with Gasteiger partial charge in [0.1, 0.15) is 0 Å². The molecule has 2 heterocycles. The third-order valence-electron chi connectivity index (χ3n) is 5.40. The number of likely N-dealkylation sites (N-methyl/N-ethyl adjacent to an activating group) is 1. The normalized spacial score (nSPS) is 27.6. The second-order valence-electron chi connectivity index (χ2n) is 6.65. The molecule has 6 nitrogen and oxygen atoms in total. The van der Waals surface area contributed by atoms with Crippen molar-refractivity contribution in [2.45, 2.75) is 17.5 Å². The summed E-state index contributed by atoms with van der Waals surface area (Å²) in [6.07, 6.45) is 0. The van der Waals surface area contributed by atoms with E-state index in [0.717, 1.165) is 0 Å². The summed E-state index contributed by atoms with van der Waals surface area (Å²) in [4.78, 5) is 26.5. The number of nitrogens with zero attached hydrogens (tertiary/aromatic N) is 2. The smallest absolute Gasteiger partial charge is 0.256 e. The van der Waals surface area contributed by atoms with E-state index >= 15 is 0 Å². The molecule has 1 N–H and O–H groups in total. The van der Waals surface area contributed by atoms with Crippen LogP contribution < -0.4 is 5.32 Å². The molecule has 0 aliphatic carbocycles. The van der Waals surface area contributed by atoms with Crippen LogP contribution in [-0.2, 0) is 10.3 Å². The molecule has 0 unspecified atom stereocenters. The molecule has 0 bridgehead atoms. The molecule has 1 spiro atoms. The summed E-state index contributed by atoms with van der Waals surface area (Å²) < 4.78 is 0. The zero-order valence-corrected chi connectivity index (χ0v) is 15.3. The number of fused-ring (bicyclic) bond motifs is 2. The Hall–Kier alpha value is -2.15. The van der Waals surface area contributed by atoms with E-state index in [0.29, 0.717) is 33.4 Å². The molecule has 0 radical (unpaired) electrons. The first kappa shape index (κ1) is 17.3. The lowest BCUT2D eigenvalue weighted by molar-refractivity contribution is -0.534. The first-order chi connectivity index (χ1) is 12.4. The Bertz CT molecular complexity index is 936. The van der Waals surface area contributed by atoms with Gasteiger partial charge in [-0.25, -0.2) is 0 Å². The van der Waals surface area contributed by atoms with Crippen molar-refractivity contribution >= 4 is 34.8 Å². The van der Waals surface area contributed by atoms with Crippen molar-refractivity contribution in [2.75, 3.05) is 18.9 Å². The first-order valence-electron chi connectivity index (χ1n) is 8.08. The Morgan fingerprint density at radius 3 is 2.69 bits per heavy atom. The number of hydrogen-bond acceptors (Lipinski definition) is 4. The fourth-order valence-electron chi connectivity index (χ4n) is 4.36. The summed E-state index contributed by atoms with van der Waals surface area (Å²) in [5.74, 6) is -0.924. The number of benzene rings is 2. The molecule has 2 aliphatic rings. The largest absolute Gasteiger partial charge is 0.324 e. The third-order valence-corrected chi connectivity index (χ3v) is 5.97. The van der Waals surface area contributed by atoms with E-state index in [4.69, 9.17) is 23.2 Å². The topological polar surface area (TPSA) is 75.5 Å². The monoisotopic (exact) mass is 391 g/mol. The molecule has 134 valence electrons. The van der Waals surface area contributed by atoms with Crippen molar-refractivity contribution in [3.63, 3.8) is 0 Å². The van der Waals surface area contributed by atoms with Gasteiger partial charge in [-0.05, 0) is 30.8 Å². The number of nitrogens with one attached hydrogen (secondary N) is 1. The van der Waals surface area contributed by atoms with Gasteiger partial charge in [0.15, 0.2) is 5.54 Å². The van der Waals surface area contributed by atoms with Gasteiger partial charge < -0.3 is 5.32 Å². The average Bonchev–Trinajstić information content (AvgIpc) is 3.04. The van der Waals surface area contributed by atoms with Gasteiger partial charge in [0.05, 0.1) is 5.92 Å². The molecule has 0 aromatic heterocycles. The van der Waals surface area contributed by atoms with E-state index in [-0.39, 0.29) is 10.8 Å². The molecule has 2 aromatic carbocycles. The van der Waals surface area contributed by atoms with E-state index in [2.05, 4.69) is 5.32 Å². The maximum Gasteiger partial charge on any atom is 0.256 e. The second-order valence-corrected chi connectivity index (χ2v) is 7.49. The van der Waals surface area contributed by atoms with E-state index in [1.165, 1.54) is 0 Å². The highest BCUT2D eigenvalue weighted by Gasteiger charge is 2.68. The molecule has 4 rings (SSSR count). The molecule has 1 saturated heterocycles. The highest BCUT2D eigenvalue weighted by atomic mass is 35.5. The summed E-state index contributed by atoms with van der Waals surface area (Å²) in [6.45, 7) is 0.328. The van der Waals surface area contributed by atoms with Crippen LogP contribution >= 0.6 is 23.2 Å². The number of amides is 1. The van der Waals surface area contributed by atoms with Gasteiger partial charge in [0.2, 0.25) is 0 Å². The molecule has 1 amide bonds. The molecule has 3 atom stereocenters. The van der Waals surface area contributed by atoms with Crippen molar-refractivity contribution in [2.24, 2.45) is 0 Å². The van der Waals surface area contributed by atoms with Gasteiger partial charge in [-0.1, -0.05) is 47.5 Å². The van der Waals surface area contributed by atoms with Crippen molar-refractivity contribution in [1.82, 2.24) is 4.90 Å². The van der Waals surface area contributed by atoms with Crippen LogP contribution in [0.4, 0.5) is 5.69 Å². The molecule has 2 aliphatic heterocycles. The molecular formula is C18H15Cl2N3O3. The molecular weight excluding hydrogens is 377 g/mol. The van der Waals surface area contributed by atoms with Crippen LogP contribution in [0, 0.1) is 10.1 Å². The molecule has 0 saturated carbocycles. The summed E-state index contributed by atoms with van der Waals surface area (Å²) in [5, 5.41) is 15.8. The fraction of sp³-hybridized carbons (Fsp3) is 0.278. The minimum absolute atomic E-state index is 0.328. The van der Waals surface area contributed by atoms with Crippen LogP contribution in [0.2, 0.25) is 10.0 Å². The number of rotatable bonds is 2. The van der Waals surface area contributed by atoms with Crippen LogP contribution in [0.25, 0.3) is 0 Å². The zero-order chi connectivity index (χ0) is 18.6. The van der Waals surface area contributed by atoms with Crippen molar-refractivity contribution in [3.05, 3.63) is 73.8 Å². The molecule has 8 heteroatoms. The van der Waals surface area contributed by atoms with E-state index in [1.54, 1.807) is 54.4 Å². The van der Waals surface area contributed by atoms with Gasteiger partial charge in [0, 0.05) is 32.8 Å². The Balaban J connectivity index is 1.92. The number of halogens is 2. The Morgan fingerprint density at radius 1 is 1.27 bits per heavy atom. The number of nitro groups is 1. The maximum absolute atomic E-state index is 13.0. The third kappa shape index (κ3) is 2.19. The van der Waals surface area contributed by atoms with E-state index in [9.17, 15) is 14.9 Å². The van der Waals surface area contributed by atoms with Crippen LogP contribution in [0.15, 0.2) is 42.5 Å². The van der Waals surface area contributed by atoms with Crippen molar-refractivity contribution in [1.29, 1.82) is 0 Å². The minimum atomic E-state index is -1.37. The van der Waals surface area contributed by atoms with E-state index < -0.39 is 17.5 Å². The number of carbonyl (C=O) groups excluding carboxylic acids is 1. The Labute approximate surface area is 159 Å². The fourth-order valence-corrected chi connectivity index (χ4v) is 4.91. The van der Waals surface area contributed by atoms with Crippen molar-refractivity contribution in [3.8, 4) is 0 Å². The predicted molar refractivity (Wildman–Crippen MR) is 99.4 cm³/mol. The molecule has 2 aromatic rings. The quantitative estimate of drug-likeness (QED) is 0.627. The van der Waals surface area contributed by atoms with Crippen LogP contribution in [0.1, 0.15) is 17.0 Å². The molecule has 26 heavy (non-hydrogen) atoms. The number of anilines is 1. The first-order valence-corrected chi connectivity index (χ1v) is 8.83. The van der Waals surface area contributed by atoms with Crippen molar-refractivity contribution < 1.29 is 9.72 Å². The number of hydrogen-bond donors (Lipinski definition) is 1. The summed E-state index contributed by atoms with van der Waals surface area (Å²) in [5.41, 5.74) is 0.493. The Kier molecular flexibility index (Phi) is 3.95. The number of carbonyl (C=O) groups is 1.